The summed E-state index contributed by atoms with van der Waals surface area (Å²) < 4.78 is 13.0. The molecule has 0 saturated carbocycles. The van der Waals surface area contributed by atoms with Gasteiger partial charge in [0.15, 0.2) is 0 Å². The van der Waals surface area contributed by atoms with E-state index in [1.54, 1.807) is 18.2 Å². The van der Waals surface area contributed by atoms with Gasteiger partial charge in [0.05, 0.1) is 12.2 Å². The van der Waals surface area contributed by atoms with Crippen LogP contribution in [0.15, 0.2) is 34.8 Å². The predicted molar refractivity (Wildman–Crippen MR) is 54.7 cm³/mol. The highest BCUT2D eigenvalue weighted by Crippen LogP contribution is 2.13. The van der Waals surface area contributed by atoms with Crippen molar-refractivity contribution in [3.8, 4) is 0 Å². The van der Waals surface area contributed by atoms with Gasteiger partial charge in [-0.05, 0) is 12.1 Å². The second-order valence-electron chi connectivity index (χ2n) is 2.39. The summed E-state index contributed by atoms with van der Waals surface area (Å²) in [6.45, 7) is 0.325. The van der Waals surface area contributed by atoms with Crippen molar-refractivity contribution in [3.05, 3.63) is 40.7 Å². The van der Waals surface area contributed by atoms with Crippen LogP contribution in [0.5, 0.6) is 0 Å². The average molecular weight is 220 g/mol. The van der Waals surface area contributed by atoms with Gasteiger partial charge in [0.25, 0.3) is 0 Å². The number of benzene rings is 1. The zero-order chi connectivity index (χ0) is 9.68. The van der Waals surface area contributed by atoms with Gasteiger partial charge in [0.2, 0.25) is 0 Å². The van der Waals surface area contributed by atoms with Crippen molar-refractivity contribution >= 4 is 28.9 Å². The Morgan fingerprint density at radius 2 is 2.15 bits per heavy atom. The van der Waals surface area contributed by atoms with E-state index in [0.29, 0.717) is 17.3 Å². The fraction of sp³-hybridized carbons (Fsp3) is 0.111. The van der Waals surface area contributed by atoms with Gasteiger partial charge in [-0.1, -0.05) is 35.3 Å². The summed E-state index contributed by atoms with van der Waals surface area (Å²) in [5, 5.41) is 3.24. The second kappa shape index (κ2) is 5.10. The van der Waals surface area contributed by atoms with Crippen LogP contribution in [-0.2, 0) is 0 Å². The predicted octanol–water partition coefficient (Wildman–Crippen LogP) is 3.56. The Morgan fingerprint density at radius 1 is 1.46 bits per heavy atom. The fourth-order valence-corrected chi connectivity index (χ4v) is 0.967. The number of anilines is 1. The monoisotopic (exact) mass is 219 g/mol. The Labute approximate surface area is 86.2 Å². The molecule has 0 aliphatic rings. The van der Waals surface area contributed by atoms with Crippen molar-refractivity contribution in [1.82, 2.24) is 0 Å². The van der Waals surface area contributed by atoms with Crippen molar-refractivity contribution in [2.75, 3.05) is 11.9 Å². The first-order valence-corrected chi connectivity index (χ1v) is 4.48. The molecule has 0 aromatic heterocycles. The third-order valence-electron chi connectivity index (χ3n) is 1.44. The van der Waals surface area contributed by atoms with Gasteiger partial charge in [-0.15, -0.1) is 0 Å². The molecular weight excluding hydrogens is 212 g/mol. The van der Waals surface area contributed by atoms with Crippen LogP contribution in [0.1, 0.15) is 0 Å². The lowest BCUT2D eigenvalue weighted by Gasteiger charge is -2.05. The molecule has 0 radical (unpaired) electrons. The van der Waals surface area contributed by atoms with Gasteiger partial charge in [0.1, 0.15) is 5.82 Å². The molecule has 13 heavy (non-hydrogen) atoms. The van der Waals surface area contributed by atoms with Crippen LogP contribution in [0, 0.1) is 5.82 Å². The lowest BCUT2D eigenvalue weighted by molar-refractivity contribution is 0.631. The van der Waals surface area contributed by atoms with E-state index >= 15 is 0 Å². The maximum Gasteiger partial charge on any atom is 0.146 e. The molecule has 1 rings (SSSR count). The van der Waals surface area contributed by atoms with Crippen molar-refractivity contribution in [2.45, 2.75) is 0 Å². The average Bonchev–Trinajstić information content (AvgIpc) is 2.16. The smallest absolute Gasteiger partial charge is 0.146 e. The van der Waals surface area contributed by atoms with Crippen molar-refractivity contribution in [1.29, 1.82) is 0 Å². The van der Waals surface area contributed by atoms with Crippen LogP contribution < -0.4 is 5.32 Å². The van der Waals surface area contributed by atoms with Crippen LogP contribution in [0.3, 0.4) is 0 Å². The summed E-state index contributed by atoms with van der Waals surface area (Å²) in [7, 11) is 0. The van der Waals surface area contributed by atoms with Gasteiger partial charge in [-0.2, -0.15) is 0 Å². The molecule has 0 heterocycles. The highest BCUT2D eigenvalue weighted by atomic mass is 35.5. The van der Waals surface area contributed by atoms with Gasteiger partial charge < -0.3 is 5.32 Å². The molecule has 1 nitrogen and oxygen atoms in total. The molecule has 1 aromatic carbocycles. The Morgan fingerprint density at radius 3 is 2.77 bits per heavy atom. The molecule has 0 spiro atoms. The first kappa shape index (κ1) is 10.4. The number of para-hydroxylation sites is 1. The van der Waals surface area contributed by atoms with E-state index in [-0.39, 0.29) is 5.82 Å². The number of nitrogens with one attached hydrogen (secondary N) is 1. The van der Waals surface area contributed by atoms with E-state index in [1.165, 1.54) is 11.6 Å². The third kappa shape index (κ3) is 3.25. The summed E-state index contributed by atoms with van der Waals surface area (Å²) in [5.41, 5.74) is 1.66. The molecule has 0 aliphatic carbocycles. The standard InChI is InChI=1S/C9H8Cl2FN/c10-5-7(11)6-13-9-4-2-1-3-8(9)12/h1-5,13H,6H2/b7-5-. The first-order valence-electron chi connectivity index (χ1n) is 3.67. The lowest BCUT2D eigenvalue weighted by Crippen LogP contribution is -2.02. The van der Waals surface area contributed by atoms with E-state index in [2.05, 4.69) is 5.32 Å². The van der Waals surface area contributed by atoms with Crippen LogP contribution >= 0.6 is 23.2 Å². The molecule has 0 fully saturated rings. The van der Waals surface area contributed by atoms with Gasteiger partial charge in [-0.3, -0.25) is 0 Å². The molecule has 4 heteroatoms. The van der Waals surface area contributed by atoms with Crippen molar-refractivity contribution < 1.29 is 4.39 Å². The SMILES string of the molecule is Fc1ccccc1NC/C(Cl)=C/Cl. The summed E-state index contributed by atoms with van der Waals surface area (Å²) >= 11 is 10.9. The van der Waals surface area contributed by atoms with E-state index in [9.17, 15) is 4.39 Å². The molecule has 70 valence electrons. The highest BCUT2D eigenvalue weighted by molar-refractivity contribution is 6.36. The molecule has 0 amide bonds. The number of hydrogen-bond donors (Lipinski definition) is 1. The zero-order valence-corrected chi connectivity index (χ0v) is 8.24. The van der Waals surface area contributed by atoms with E-state index in [4.69, 9.17) is 23.2 Å². The summed E-state index contributed by atoms with van der Waals surface area (Å²) in [5.74, 6) is -0.304. The molecule has 1 N–H and O–H groups in total. The van der Waals surface area contributed by atoms with Gasteiger partial charge in [0, 0.05) is 10.6 Å². The van der Waals surface area contributed by atoms with Crippen LogP contribution in [0.2, 0.25) is 0 Å². The summed E-state index contributed by atoms with van der Waals surface area (Å²) in [6.07, 6.45) is 0. The third-order valence-corrected chi connectivity index (χ3v) is 2.06. The minimum atomic E-state index is -0.304. The minimum Gasteiger partial charge on any atom is -0.378 e. The van der Waals surface area contributed by atoms with E-state index < -0.39 is 0 Å². The van der Waals surface area contributed by atoms with E-state index in [1.807, 2.05) is 0 Å². The largest absolute Gasteiger partial charge is 0.378 e. The quantitative estimate of drug-likeness (QED) is 0.821. The number of halogens is 3. The molecule has 0 unspecified atom stereocenters. The normalized spacial score (nSPS) is 11.5. The minimum absolute atomic E-state index is 0.304. The summed E-state index contributed by atoms with van der Waals surface area (Å²) in [4.78, 5) is 0. The number of rotatable bonds is 3. The van der Waals surface area contributed by atoms with Gasteiger partial charge >= 0.3 is 0 Å². The molecule has 0 atom stereocenters. The topological polar surface area (TPSA) is 12.0 Å². The summed E-state index contributed by atoms with van der Waals surface area (Å²) in [6, 6.07) is 6.37. The highest BCUT2D eigenvalue weighted by Gasteiger charge is 1.99. The van der Waals surface area contributed by atoms with Crippen LogP contribution in [0.25, 0.3) is 0 Å². The maximum absolute atomic E-state index is 13.0. The van der Waals surface area contributed by atoms with E-state index in [0.717, 1.165) is 0 Å². The van der Waals surface area contributed by atoms with Crippen LogP contribution in [0.4, 0.5) is 10.1 Å². The Balaban J connectivity index is 2.60. The molecule has 1 aromatic rings. The lowest BCUT2D eigenvalue weighted by atomic mass is 10.3. The zero-order valence-electron chi connectivity index (χ0n) is 6.73. The molecule has 0 saturated heterocycles. The fourth-order valence-electron chi connectivity index (χ4n) is 0.823. The van der Waals surface area contributed by atoms with Crippen molar-refractivity contribution in [2.24, 2.45) is 0 Å². The second-order valence-corrected chi connectivity index (χ2v) is 3.09. The van der Waals surface area contributed by atoms with Gasteiger partial charge in [-0.25, -0.2) is 4.39 Å². The molecular formula is C9H8Cl2FN. The molecule has 0 bridgehead atoms. The number of hydrogen-bond acceptors (Lipinski definition) is 1. The first-order chi connectivity index (χ1) is 6.24. The van der Waals surface area contributed by atoms with Crippen molar-refractivity contribution in [3.63, 3.8) is 0 Å². The Bertz CT molecular complexity index is 312. The Hall–Kier alpha value is -0.730. The Kier molecular flexibility index (Phi) is 4.06. The van der Waals surface area contributed by atoms with Crippen LogP contribution in [-0.4, -0.2) is 6.54 Å². The molecule has 0 aliphatic heterocycles. The maximum atomic E-state index is 13.0.